The summed E-state index contributed by atoms with van der Waals surface area (Å²) < 4.78 is 5.45. The highest BCUT2D eigenvalue weighted by molar-refractivity contribution is 7.80. The van der Waals surface area contributed by atoms with Crippen LogP contribution >= 0.6 is 12.2 Å². The maximum atomic E-state index is 5.75. The van der Waals surface area contributed by atoms with Crippen LogP contribution in [0.3, 0.4) is 0 Å². The van der Waals surface area contributed by atoms with Crippen LogP contribution in [0.2, 0.25) is 0 Å². The number of ether oxygens (including phenoxy) is 1. The molecule has 0 atom stereocenters. The second-order valence-electron chi connectivity index (χ2n) is 6.58. The number of nitrogens with zero attached hydrogens (tertiary/aromatic N) is 2. The number of thiocarbonyl (C=S) groups is 1. The van der Waals surface area contributed by atoms with Crippen molar-refractivity contribution >= 4 is 23.0 Å². The summed E-state index contributed by atoms with van der Waals surface area (Å²) in [5.41, 5.74) is 5.68. The molecule has 120 valence electrons. The number of benzene rings is 1. The number of rotatable bonds is 3. The Morgan fingerprint density at radius 3 is 2.73 bits per heavy atom. The zero-order valence-corrected chi connectivity index (χ0v) is 14.4. The fourth-order valence-corrected chi connectivity index (χ4v) is 3.43. The molecular formula is C16H25N4OS+. The smallest absolute Gasteiger partial charge is 0.196 e. The zero-order chi connectivity index (χ0) is 15.7. The van der Waals surface area contributed by atoms with Gasteiger partial charge in [-0.15, -0.1) is 0 Å². The summed E-state index contributed by atoms with van der Waals surface area (Å²) in [4.78, 5) is 3.81. The van der Waals surface area contributed by atoms with Crippen LogP contribution in [0.1, 0.15) is 19.4 Å². The van der Waals surface area contributed by atoms with E-state index in [9.17, 15) is 0 Å². The Bertz CT molecular complexity index is 557. The van der Waals surface area contributed by atoms with Gasteiger partial charge in [0.25, 0.3) is 0 Å². The van der Waals surface area contributed by atoms with Gasteiger partial charge in [0.1, 0.15) is 18.8 Å². The molecule has 0 aromatic heterocycles. The highest BCUT2D eigenvalue weighted by atomic mass is 32.1. The first-order valence-electron chi connectivity index (χ1n) is 7.85. The van der Waals surface area contributed by atoms with E-state index in [-0.39, 0.29) is 5.66 Å². The molecule has 1 aromatic rings. The zero-order valence-electron chi connectivity index (χ0n) is 13.6. The van der Waals surface area contributed by atoms with E-state index in [0.717, 1.165) is 43.8 Å². The minimum absolute atomic E-state index is 0.188. The molecule has 0 radical (unpaired) electrons. The van der Waals surface area contributed by atoms with E-state index in [1.807, 2.05) is 5.01 Å². The van der Waals surface area contributed by atoms with Crippen LogP contribution in [-0.2, 0) is 4.74 Å². The molecule has 0 aliphatic carbocycles. The molecule has 22 heavy (non-hydrogen) atoms. The minimum Gasteiger partial charge on any atom is -0.370 e. The molecule has 2 fully saturated rings. The summed E-state index contributed by atoms with van der Waals surface area (Å²) in [5, 5.41) is 2.87. The quantitative estimate of drug-likeness (QED) is 0.793. The molecule has 2 heterocycles. The van der Waals surface area contributed by atoms with Crippen molar-refractivity contribution in [2.45, 2.75) is 26.4 Å². The summed E-state index contributed by atoms with van der Waals surface area (Å²) in [6.45, 7) is 11.1. The average Bonchev–Trinajstić information content (AvgIpc) is 2.72. The van der Waals surface area contributed by atoms with Gasteiger partial charge in [-0.05, 0) is 50.7 Å². The second-order valence-corrected chi connectivity index (χ2v) is 6.94. The number of morpholine rings is 1. The van der Waals surface area contributed by atoms with Crippen LogP contribution in [0.4, 0.5) is 5.69 Å². The molecule has 1 aromatic carbocycles. The standard InChI is InChI=1S/C16H24N4OS/c1-13-5-4-6-14(11-13)20-15(22)19(16(2,3)17-20)12-18-7-9-21-10-8-18/h4-6,11,17H,7-10,12H2,1-3H3/p+1. The maximum Gasteiger partial charge on any atom is 0.196 e. The number of hydrogen-bond acceptors (Lipinski definition) is 3. The number of aryl methyl sites for hydroxylation is 1. The molecule has 5 nitrogen and oxygen atoms in total. The predicted octanol–water partition coefficient (Wildman–Crippen LogP) is 0.515. The van der Waals surface area contributed by atoms with Gasteiger partial charge in [-0.2, -0.15) is 0 Å². The summed E-state index contributed by atoms with van der Waals surface area (Å²) in [6.07, 6.45) is 0. The van der Waals surface area contributed by atoms with Gasteiger partial charge in [0.2, 0.25) is 0 Å². The van der Waals surface area contributed by atoms with E-state index < -0.39 is 0 Å². The average molecular weight is 321 g/mol. The third-order valence-corrected chi connectivity index (χ3v) is 4.73. The van der Waals surface area contributed by atoms with Crippen molar-refractivity contribution in [3.05, 3.63) is 29.8 Å². The number of hydrazine groups is 1. The molecule has 0 unspecified atom stereocenters. The molecule has 0 spiro atoms. The fourth-order valence-electron chi connectivity index (χ4n) is 2.99. The number of nitrogens with one attached hydrogen (secondary N) is 2. The van der Waals surface area contributed by atoms with Gasteiger partial charge in [0.15, 0.2) is 11.8 Å². The van der Waals surface area contributed by atoms with Crippen molar-refractivity contribution in [3.8, 4) is 0 Å². The van der Waals surface area contributed by atoms with Gasteiger partial charge in [-0.1, -0.05) is 12.1 Å². The molecule has 0 saturated carbocycles. The number of quaternary nitrogens is 1. The molecule has 2 aliphatic heterocycles. The third kappa shape index (κ3) is 3.10. The Morgan fingerprint density at radius 1 is 1.32 bits per heavy atom. The predicted molar refractivity (Wildman–Crippen MR) is 91.7 cm³/mol. The van der Waals surface area contributed by atoms with Gasteiger partial charge >= 0.3 is 0 Å². The topological polar surface area (TPSA) is 32.2 Å². The highest BCUT2D eigenvalue weighted by Crippen LogP contribution is 2.26. The molecule has 0 bridgehead atoms. The van der Waals surface area contributed by atoms with Gasteiger partial charge in [0, 0.05) is 0 Å². The normalized spacial score (nSPS) is 22.4. The second kappa shape index (κ2) is 6.12. The Labute approximate surface area is 137 Å². The lowest BCUT2D eigenvalue weighted by Gasteiger charge is -2.34. The maximum absolute atomic E-state index is 5.75. The Morgan fingerprint density at radius 2 is 2.05 bits per heavy atom. The van der Waals surface area contributed by atoms with Crippen molar-refractivity contribution in [2.75, 3.05) is 38.0 Å². The fraction of sp³-hybridized carbons (Fsp3) is 0.562. The first-order valence-corrected chi connectivity index (χ1v) is 8.26. The summed E-state index contributed by atoms with van der Waals surface area (Å²) in [6, 6.07) is 8.41. The van der Waals surface area contributed by atoms with Crippen LogP contribution < -0.4 is 15.3 Å². The molecule has 0 amide bonds. The van der Waals surface area contributed by atoms with Crippen LogP contribution in [0.15, 0.2) is 24.3 Å². The van der Waals surface area contributed by atoms with E-state index in [2.05, 4.69) is 55.4 Å². The molecule has 2 N–H and O–H groups in total. The van der Waals surface area contributed by atoms with E-state index in [0.29, 0.717) is 0 Å². The van der Waals surface area contributed by atoms with Crippen LogP contribution in [0.5, 0.6) is 0 Å². The Kier molecular flexibility index (Phi) is 4.36. The van der Waals surface area contributed by atoms with Crippen molar-refractivity contribution in [1.29, 1.82) is 0 Å². The molecule has 2 aliphatic rings. The first-order chi connectivity index (χ1) is 10.5. The van der Waals surface area contributed by atoms with E-state index in [1.165, 1.54) is 10.5 Å². The van der Waals surface area contributed by atoms with Gasteiger partial charge in [-0.3, -0.25) is 4.90 Å². The molecule has 2 saturated heterocycles. The van der Waals surface area contributed by atoms with Gasteiger partial charge < -0.3 is 9.64 Å². The summed E-state index contributed by atoms with van der Waals surface area (Å²) in [7, 11) is 0. The number of hydrogen-bond donors (Lipinski definition) is 2. The first kappa shape index (κ1) is 15.7. The Hall–Kier alpha value is -1.21. The van der Waals surface area contributed by atoms with Crippen LogP contribution in [0.25, 0.3) is 0 Å². The van der Waals surface area contributed by atoms with E-state index in [4.69, 9.17) is 17.0 Å². The molecule has 6 heteroatoms. The van der Waals surface area contributed by atoms with Crippen molar-refractivity contribution in [3.63, 3.8) is 0 Å². The third-order valence-electron chi connectivity index (χ3n) is 4.32. The molecule has 3 rings (SSSR count). The lowest BCUT2D eigenvalue weighted by atomic mass is 10.2. The van der Waals surface area contributed by atoms with E-state index in [1.54, 1.807) is 0 Å². The highest BCUT2D eigenvalue weighted by Gasteiger charge is 2.42. The summed E-state index contributed by atoms with van der Waals surface area (Å²) in [5.74, 6) is 0. The van der Waals surface area contributed by atoms with Crippen LogP contribution in [0, 0.1) is 6.92 Å². The van der Waals surface area contributed by atoms with Gasteiger partial charge in [-0.25, -0.2) is 10.4 Å². The van der Waals surface area contributed by atoms with Crippen molar-refractivity contribution in [1.82, 2.24) is 10.3 Å². The summed E-state index contributed by atoms with van der Waals surface area (Å²) >= 11 is 5.75. The lowest BCUT2D eigenvalue weighted by molar-refractivity contribution is -0.917. The van der Waals surface area contributed by atoms with Crippen LogP contribution in [-0.4, -0.2) is 48.6 Å². The monoisotopic (exact) mass is 321 g/mol. The lowest BCUT2D eigenvalue weighted by Crippen LogP contribution is -3.15. The van der Waals surface area contributed by atoms with Crippen molar-refractivity contribution < 1.29 is 9.64 Å². The molecular weight excluding hydrogens is 296 g/mol. The van der Waals surface area contributed by atoms with E-state index >= 15 is 0 Å². The van der Waals surface area contributed by atoms with Crippen molar-refractivity contribution in [2.24, 2.45) is 0 Å². The minimum atomic E-state index is -0.188. The largest absolute Gasteiger partial charge is 0.370 e. The Balaban J connectivity index is 1.78. The SMILES string of the molecule is Cc1cccc(N2NC(C)(C)N(C[NH+]3CCOCC3)C2=S)c1. The van der Waals surface area contributed by atoms with Gasteiger partial charge in [0.05, 0.1) is 18.9 Å². The number of anilines is 1.